The highest BCUT2D eigenvalue weighted by Gasteiger charge is 2.17. The number of hydrogen-bond acceptors (Lipinski definition) is 4. The smallest absolute Gasteiger partial charge is 0.226 e. The molecular formula is C18H20Cl2N2O2S. The van der Waals surface area contributed by atoms with Crippen LogP contribution in [0.4, 0.5) is 5.69 Å². The molecule has 1 fully saturated rings. The van der Waals surface area contributed by atoms with Crippen LogP contribution in [0.1, 0.15) is 6.42 Å². The fourth-order valence-electron chi connectivity index (χ4n) is 2.48. The van der Waals surface area contributed by atoms with E-state index in [0.29, 0.717) is 28.6 Å². The highest BCUT2D eigenvalue weighted by Crippen LogP contribution is 2.33. The molecule has 1 aliphatic heterocycles. The van der Waals surface area contributed by atoms with Gasteiger partial charge in [-0.3, -0.25) is 4.79 Å². The first-order valence-electron chi connectivity index (χ1n) is 7.85. The van der Waals surface area contributed by atoms with Crippen LogP contribution in [0.15, 0.2) is 48.5 Å². The molecule has 25 heavy (non-hydrogen) atoms. The zero-order valence-corrected chi connectivity index (χ0v) is 15.9. The van der Waals surface area contributed by atoms with Gasteiger partial charge in [-0.25, -0.2) is 0 Å². The lowest BCUT2D eigenvalue weighted by Gasteiger charge is -2.22. The fourth-order valence-corrected chi connectivity index (χ4v) is 3.60. The number of nitrogens with one attached hydrogen (secondary N) is 2. The second-order valence-electron chi connectivity index (χ2n) is 5.51. The Kier molecular flexibility index (Phi) is 7.90. The van der Waals surface area contributed by atoms with Crippen LogP contribution in [0.5, 0.6) is 11.5 Å². The van der Waals surface area contributed by atoms with Crippen molar-refractivity contribution in [1.29, 1.82) is 0 Å². The van der Waals surface area contributed by atoms with Crippen molar-refractivity contribution in [3.8, 4) is 11.5 Å². The van der Waals surface area contributed by atoms with Gasteiger partial charge in [0.25, 0.3) is 0 Å². The molecule has 0 radical (unpaired) electrons. The molecule has 0 saturated carbocycles. The largest absolute Gasteiger partial charge is 0.454 e. The number of carbonyl (C=O) groups excluding carboxylic acids is 1. The molecule has 0 aliphatic carbocycles. The Balaban J connectivity index is 0.00000225. The maximum atomic E-state index is 12.3. The number of carbonyl (C=O) groups is 1. The van der Waals surface area contributed by atoms with E-state index in [9.17, 15) is 4.79 Å². The Morgan fingerprint density at radius 3 is 2.64 bits per heavy atom. The lowest BCUT2D eigenvalue weighted by atomic mass is 10.2. The van der Waals surface area contributed by atoms with Gasteiger partial charge in [0.05, 0.1) is 10.7 Å². The minimum atomic E-state index is -0.0230. The summed E-state index contributed by atoms with van der Waals surface area (Å²) in [6, 6.07) is 14.9. The molecule has 7 heteroatoms. The molecule has 3 rings (SSSR count). The SMILES string of the molecule is Cl.O=C(CC1CSCCN1)Nc1ccccc1Oc1ccccc1Cl. The van der Waals surface area contributed by atoms with Crippen molar-refractivity contribution in [2.75, 3.05) is 23.4 Å². The summed E-state index contributed by atoms with van der Waals surface area (Å²) in [7, 11) is 0. The second kappa shape index (κ2) is 9.92. The molecular weight excluding hydrogens is 379 g/mol. The van der Waals surface area contributed by atoms with Crippen molar-refractivity contribution in [3.63, 3.8) is 0 Å². The molecule has 1 atom stereocenters. The molecule has 1 unspecified atom stereocenters. The van der Waals surface area contributed by atoms with Crippen LogP contribution in [-0.2, 0) is 4.79 Å². The molecule has 0 aromatic heterocycles. The minimum absolute atomic E-state index is 0. The van der Waals surface area contributed by atoms with Crippen molar-refractivity contribution < 1.29 is 9.53 Å². The van der Waals surface area contributed by atoms with E-state index in [-0.39, 0.29) is 24.4 Å². The van der Waals surface area contributed by atoms with Gasteiger partial charge in [0.1, 0.15) is 5.75 Å². The third-order valence-corrected chi connectivity index (χ3v) is 5.09. The van der Waals surface area contributed by atoms with Gasteiger partial charge in [0.15, 0.2) is 5.75 Å². The summed E-state index contributed by atoms with van der Waals surface area (Å²) in [4.78, 5) is 12.3. The molecule has 1 saturated heterocycles. The summed E-state index contributed by atoms with van der Waals surface area (Å²) >= 11 is 8.01. The van der Waals surface area contributed by atoms with E-state index in [1.54, 1.807) is 12.1 Å². The number of amides is 1. The zero-order valence-electron chi connectivity index (χ0n) is 13.5. The Morgan fingerprint density at radius 2 is 1.92 bits per heavy atom. The van der Waals surface area contributed by atoms with Crippen LogP contribution < -0.4 is 15.4 Å². The normalized spacial score (nSPS) is 16.6. The lowest BCUT2D eigenvalue weighted by Crippen LogP contribution is -2.39. The molecule has 2 aromatic rings. The van der Waals surface area contributed by atoms with E-state index >= 15 is 0 Å². The number of para-hydroxylation sites is 3. The number of ether oxygens (including phenoxy) is 1. The quantitative estimate of drug-likeness (QED) is 0.773. The van der Waals surface area contributed by atoms with Gasteiger partial charge < -0.3 is 15.4 Å². The summed E-state index contributed by atoms with van der Waals surface area (Å²) in [6.07, 6.45) is 0.452. The number of anilines is 1. The lowest BCUT2D eigenvalue weighted by molar-refractivity contribution is -0.116. The molecule has 0 spiro atoms. The van der Waals surface area contributed by atoms with Crippen LogP contribution in [0.3, 0.4) is 0 Å². The van der Waals surface area contributed by atoms with Crippen LogP contribution in [-0.4, -0.2) is 30.0 Å². The van der Waals surface area contributed by atoms with Gasteiger partial charge in [-0.1, -0.05) is 35.9 Å². The third-order valence-electron chi connectivity index (χ3n) is 3.65. The zero-order chi connectivity index (χ0) is 16.8. The molecule has 0 bridgehead atoms. The topological polar surface area (TPSA) is 50.4 Å². The molecule has 1 heterocycles. The third kappa shape index (κ3) is 5.82. The molecule has 4 nitrogen and oxygen atoms in total. The Labute approximate surface area is 163 Å². The van der Waals surface area contributed by atoms with Gasteiger partial charge in [0, 0.05) is 30.5 Å². The van der Waals surface area contributed by atoms with Gasteiger partial charge in [0.2, 0.25) is 5.91 Å². The van der Waals surface area contributed by atoms with E-state index in [2.05, 4.69) is 10.6 Å². The van der Waals surface area contributed by atoms with Crippen molar-refractivity contribution in [2.45, 2.75) is 12.5 Å². The first-order chi connectivity index (χ1) is 11.7. The Morgan fingerprint density at radius 1 is 1.20 bits per heavy atom. The van der Waals surface area contributed by atoms with Gasteiger partial charge in [-0.2, -0.15) is 11.8 Å². The van der Waals surface area contributed by atoms with Crippen molar-refractivity contribution in [3.05, 3.63) is 53.6 Å². The highest BCUT2D eigenvalue weighted by molar-refractivity contribution is 7.99. The standard InChI is InChI=1S/C18H19ClN2O2S.ClH/c19-14-5-1-3-7-16(14)23-17-8-4-2-6-15(17)21-18(22)11-13-12-24-10-9-20-13;/h1-8,13,20H,9-12H2,(H,21,22);1H. The van der Waals surface area contributed by atoms with E-state index < -0.39 is 0 Å². The predicted octanol–water partition coefficient (Wildman–Crippen LogP) is 4.59. The van der Waals surface area contributed by atoms with Crippen LogP contribution in [0.25, 0.3) is 0 Å². The fraction of sp³-hybridized carbons (Fsp3) is 0.278. The summed E-state index contributed by atoms with van der Waals surface area (Å²) < 4.78 is 5.86. The van der Waals surface area contributed by atoms with Gasteiger partial charge in [-0.05, 0) is 24.3 Å². The molecule has 1 amide bonds. The number of thioether (sulfide) groups is 1. The van der Waals surface area contributed by atoms with Crippen LogP contribution >= 0.6 is 35.8 Å². The predicted molar refractivity (Wildman–Crippen MR) is 108 cm³/mol. The van der Waals surface area contributed by atoms with Crippen molar-refractivity contribution in [2.24, 2.45) is 0 Å². The maximum Gasteiger partial charge on any atom is 0.226 e. The van der Waals surface area contributed by atoms with Crippen LogP contribution in [0, 0.1) is 0 Å². The average molecular weight is 399 g/mol. The summed E-state index contributed by atoms with van der Waals surface area (Å²) in [6.45, 7) is 0.953. The molecule has 2 N–H and O–H groups in total. The average Bonchev–Trinajstić information content (AvgIpc) is 2.59. The summed E-state index contributed by atoms with van der Waals surface area (Å²) in [5, 5.41) is 6.84. The number of rotatable bonds is 5. The number of hydrogen-bond donors (Lipinski definition) is 2. The molecule has 134 valence electrons. The van der Waals surface area contributed by atoms with E-state index in [1.807, 2.05) is 48.2 Å². The van der Waals surface area contributed by atoms with Gasteiger partial charge >= 0.3 is 0 Å². The molecule has 1 aliphatic rings. The minimum Gasteiger partial charge on any atom is -0.454 e. The first kappa shape index (κ1) is 19.9. The number of halogens is 2. The first-order valence-corrected chi connectivity index (χ1v) is 9.38. The maximum absolute atomic E-state index is 12.3. The van der Waals surface area contributed by atoms with E-state index in [4.69, 9.17) is 16.3 Å². The Hall–Kier alpha value is -1.40. The highest BCUT2D eigenvalue weighted by atomic mass is 35.5. The Bertz CT molecular complexity index is 709. The van der Waals surface area contributed by atoms with E-state index in [0.717, 1.165) is 18.1 Å². The molecule has 2 aromatic carbocycles. The monoisotopic (exact) mass is 398 g/mol. The van der Waals surface area contributed by atoms with Gasteiger partial charge in [-0.15, -0.1) is 12.4 Å². The number of benzene rings is 2. The second-order valence-corrected chi connectivity index (χ2v) is 7.06. The van der Waals surface area contributed by atoms with Crippen molar-refractivity contribution in [1.82, 2.24) is 5.32 Å². The summed E-state index contributed by atoms with van der Waals surface area (Å²) in [5.41, 5.74) is 0.644. The van der Waals surface area contributed by atoms with Crippen molar-refractivity contribution >= 4 is 47.4 Å². The summed E-state index contributed by atoms with van der Waals surface area (Å²) in [5.74, 6) is 3.18. The van der Waals surface area contributed by atoms with E-state index in [1.165, 1.54) is 0 Å². The van der Waals surface area contributed by atoms with Crippen LogP contribution in [0.2, 0.25) is 5.02 Å².